The molecular formula is C16H22O9. The Bertz CT molecular complexity index is 601. The molecule has 9 heteroatoms. The van der Waals surface area contributed by atoms with E-state index in [1.807, 2.05) is 13.8 Å². The number of phenols is 1. The molecule has 140 valence electrons. The summed E-state index contributed by atoms with van der Waals surface area (Å²) in [6.07, 6.45) is -7.73. The zero-order valence-electron chi connectivity index (χ0n) is 13.8. The summed E-state index contributed by atoms with van der Waals surface area (Å²) in [4.78, 5) is 21.4. The van der Waals surface area contributed by atoms with Crippen molar-refractivity contribution >= 4 is 5.97 Å². The molecule has 0 bridgehead atoms. The lowest BCUT2D eigenvalue weighted by Crippen LogP contribution is -2.59. The standard InChI is InChI=1S/C16H22O9/c1-7(2)8-4-3-5-9(11(8)18)15(22)24-25-16-14(21)13(20)12(19)10(6-17)23-16/h3-5,7,10,12-14,16-21H,6H2,1-2H3/t10-,12-,13+,14-,16?/m1/s1. The first-order chi connectivity index (χ1) is 11.8. The first-order valence-corrected chi connectivity index (χ1v) is 7.78. The number of benzene rings is 1. The number of hydrogen-bond donors (Lipinski definition) is 5. The zero-order chi connectivity index (χ0) is 18.7. The topological polar surface area (TPSA) is 146 Å². The van der Waals surface area contributed by atoms with Gasteiger partial charge in [-0.05, 0) is 17.5 Å². The average Bonchev–Trinajstić information content (AvgIpc) is 2.58. The van der Waals surface area contributed by atoms with E-state index in [4.69, 9.17) is 14.7 Å². The highest BCUT2D eigenvalue weighted by molar-refractivity contribution is 5.92. The van der Waals surface area contributed by atoms with Crippen LogP contribution in [0.3, 0.4) is 0 Å². The fourth-order valence-corrected chi connectivity index (χ4v) is 2.47. The Kier molecular flexibility index (Phi) is 6.33. The van der Waals surface area contributed by atoms with E-state index in [0.717, 1.165) is 0 Å². The van der Waals surface area contributed by atoms with Crippen molar-refractivity contribution in [3.05, 3.63) is 29.3 Å². The van der Waals surface area contributed by atoms with Gasteiger partial charge in [-0.3, -0.25) is 4.89 Å². The number of phenolic OH excluding ortho intramolecular Hbond substituents is 1. The predicted octanol–water partition coefficient (Wildman–Crippen LogP) is -0.596. The fourth-order valence-electron chi connectivity index (χ4n) is 2.47. The second-order valence-corrected chi connectivity index (χ2v) is 6.06. The molecule has 1 fully saturated rings. The van der Waals surface area contributed by atoms with Gasteiger partial charge in [-0.1, -0.05) is 26.0 Å². The van der Waals surface area contributed by atoms with Gasteiger partial charge in [0.15, 0.2) is 0 Å². The predicted molar refractivity (Wildman–Crippen MR) is 82.5 cm³/mol. The van der Waals surface area contributed by atoms with E-state index in [2.05, 4.69) is 4.89 Å². The fraction of sp³-hybridized carbons (Fsp3) is 0.562. The van der Waals surface area contributed by atoms with Crippen molar-refractivity contribution in [3.8, 4) is 5.75 Å². The first kappa shape index (κ1) is 19.6. The number of aliphatic hydroxyl groups is 4. The lowest BCUT2D eigenvalue weighted by molar-refractivity contribution is -0.399. The molecule has 0 aromatic heterocycles. The Morgan fingerprint density at radius 1 is 1.20 bits per heavy atom. The highest BCUT2D eigenvalue weighted by Crippen LogP contribution is 2.29. The van der Waals surface area contributed by atoms with Crippen LogP contribution in [0.5, 0.6) is 5.75 Å². The summed E-state index contributed by atoms with van der Waals surface area (Å²) >= 11 is 0. The first-order valence-electron chi connectivity index (χ1n) is 7.78. The van der Waals surface area contributed by atoms with E-state index >= 15 is 0 Å². The number of hydrogen-bond acceptors (Lipinski definition) is 9. The van der Waals surface area contributed by atoms with E-state index < -0.39 is 43.3 Å². The van der Waals surface area contributed by atoms with Crippen molar-refractivity contribution in [2.45, 2.75) is 50.5 Å². The summed E-state index contributed by atoms with van der Waals surface area (Å²) in [5.41, 5.74) is 0.401. The summed E-state index contributed by atoms with van der Waals surface area (Å²) in [6.45, 7) is 3.04. The maximum Gasteiger partial charge on any atom is 0.376 e. The third-order valence-corrected chi connectivity index (χ3v) is 3.98. The van der Waals surface area contributed by atoms with Crippen molar-refractivity contribution in [1.29, 1.82) is 0 Å². The van der Waals surface area contributed by atoms with Gasteiger partial charge >= 0.3 is 5.97 Å². The van der Waals surface area contributed by atoms with E-state index in [0.29, 0.717) is 5.56 Å². The van der Waals surface area contributed by atoms with Gasteiger partial charge in [-0.2, -0.15) is 0 Å². The Hall–Kier alpha value is -1.75. The monoisotopic (exact) mass is 358 g/mol. The van der Waals surface area contributed by atoms with Crippen molar-refractivity contribution in [2.75, 3.05) is 6.61 Å². The van der Waals surface area contributed by atoms with Gasteiger partial charge in [0.05, 0.1) is 6.61 Å². The quantitative estimate of drug-likeness (QED) is 0.344. The van der Waals surface area contributed by atoms with Gasteiger partial charge in [0.2, 0.25) is 6.29 Å². The van der Waals surface area contributed by atoms with E-state index in [9.17, 15) is 25.2 Å². The molecule has 1 unspecified atom stereocenters. The lowest BCUT2D eigenvalue weighted by Gasteiger charge is -2.38. The Balaban J connectivity index is 2.06. The second kappa shape index (κ2) is 8.09. The molecule has 0 amide bonds. The van der Waals surface area contributed by atoms with Gasteiger partial charge in [-0.15, -0.1) is 4.89 Å². The molecule has 5 atom stereocenters. The molecule has 9 nitrogen and oxygen atoms in total. The summed E-state index contributed by atoms with van der Waals surface area (Å²) in [6, 6.07) is 4.56. The van der Waals surface area contributed by atoms with Crippen LogP contribution < -0.4 is 0 Å². The van der Waals surface area contributed by atoms with Crippen molar-refractivity contribution in [2.24, 2.45) is 0 Å². The number of para-hydroxylation sites is 1. The van der Waals surface area contributed by atoms with Crippen LogP contribution in [0.2, 0.25) is 0 Å². The SMILES string of the molecule is CC(C)c1cccc(C(=O)OOC2O[C@H](CO)[C@@H](O)[C@H](O)[C@H]2O)c1O. The molecule has 1 aliphatic heterocycles. The smallest absolute Gasteiger partial charge is 0.376 e. The lowest BCUT2D eigenvalue weighted by atomic mass is 9.99. The summed E-state index contributed by atoms with van der Waals surface area (Å²) in [5, 5.41) is 48.3. The zero-order valence-corrected chi connectivity index (χ0v) is 13.8. The number of aromatic hydroxyl groups is 1. The molecule has 1 aromatic rings. The highest BCUT2D eigenvalue weighted by Gasteiger charge is 2.45. The molecular weight excluding hydrogens is 336 g/mol. The third-order valence-electron chi connectivity index (χ3n) is 3.98. The van der Waals surface area contributed by atoms with Crippen LogP contribution in [0.4, 0.5) is 0 Å². The van der Waals surface area contributed by atoms with Crippen LogP contribution >= 0.6 is 0 Å². The normalized spacial score (nSPS) is 29.6. The van der Waals surface area contributed by atoms with Crippen LogP contribution in [-0.4, -0.2) is 68.8 Å². The molecule has 0 aliphatic carbocycles. The third kappa shape index (κ3) is 4.09. The summed E-state index contributed by atoms with van der Waals surface area (Å²) < 4.78 is 5.04. The van der Waals surface area contributed by atoms with Gasteiger partial charge in [0.1, 0.15) is 35.7 Å². The molecule has 1 aromatic carbocycles. The minimum atomic E-state index is -1.71. The number of aliphatic hydroxyl groups excluding tert-OH is 4. The van der Waals surface area contributed by atoms with E-state index in [-0.39, 0.29) is 17.2 Å². The molecule has 0 saturated carbocycles. The molecule has 1 heterocycles. The molecule has 5 N–H and O–H groups in total. The van der Waals surface area contributed by atoms with Crippen molar-refractivity contribution in [3.63, 3.8) is 0 Å². The van der Waals surface area contributed by atoms with Gasteiger partial charge < -0.3 is 30.3 Å². The van der Waals surface area contributed by atoms with Crippen LogP contribution in [0.15, 0.2) is 18.2 Å². The van der Waals surface area contributed by atoms with Crippen LogP contribution in [0.25, 0.3) is 0 Å². The number of carbonyl (C=O) groups is 1. The van der Waals surface area contributed by atoms with Crippen LogP contribution in [0.1, 0.15) is 35.7 Å². The number of rotatable bonds is 5. The molecule has 1 saturated heterocycles. The molecule has 1 aliphatic rings. The Morgan fingerprint density at radius 2 is 1.88 bits per heavy atom. The maximum absolute atomic E-state index is 12.1. The Morgan fingerprint density at radius 3 is 2.48 bits per heavy atom. The average molecular weight is 358 g/mol. The molecule has 0 radical (unpaired) electrons. The number of ether oxygens (including phenoxy) is 1. The second-order valence-electron chi connectivity index (χ2n) is 6.06. The van der Waals surface area contributed by atoms with E-state index in [1.165, 1.54) is 6.07 Å². The largest absolute Gasteiger partial charge is 0.507 e. The van der Waals surface area contributed by atoms with E-state index in [1.54, 1.807) is 12.1 Å². The van der Waals surface area contributed by atoms with Crippen LogP contribution in [-0.2, 0) is 14.5 Å². The minimum Gasteiger partial charge on any atom is -0.507 e. The molecule has 2 rings (SSSR count). The summed E-state index contributed by atoms with van der Waals surface area (Å²) in [7, 11) is 0. The minimum absolute atomic E-state index is 0.0286. The van der Waals surface area contributed by atoms with Crippen molar-refractivity contribution in [1.82, 2.24) is 0 Å². The Labute approximate surface area is 143 Å². The molecule has 0 spiro atoms. The number of carbonyl (C=O) groups excluding carboxylic acids is 1. The van der Waals surface area contributed by atoms with Crippen LogP contribution in [0, 0.1) is 0 Å². The molecule has 25 heavy (non-hydrogen) atoms. The maximum atomic E-state index is 12.1. The van der Waals surface area contributed by atoms with Gasteiger partial charge in [0, 0.05) is 0 Å². The van der Waals surface area contributed by atoms with Gasteiger partial charge in [-0.25, -0.2) is 4.79 Å². The highest BCUT2D eigenvalue weighted by atomic mass is 17.2. The van der Waals surface area contributed by atoms with Gasteiger partial charge in [0.25, 0.3) is 0 Å². The van der Waals surface area contributed by atoms with Crippen molar-refractivity contribution < 1.29 is 44.8 Å². The summed E-state index contributed by atoms with van der Waals surface area (Å²) in [5.74, 6) is -1.31.